The standard InChI is InChI=1S/C14H22N2O/c1-12-10-15-14(11-16(12)8-9-17-2)13-6-4-3-5-7-13/h3-7,12,14-15H,8-11H2,1-2H3. The summed E-state index contributed by atoms with van der Waals surface area (Å²) in [5.74, 6) is 0. The third-order valence-electron chi connectivity index (χ3n) is 3.48. The van der Waals surface area contributed by atoms with Gasteiger partial charge in [0.15, 0.2) is 0 Å². The maximum atomic E-state index is 5.17. The maximum Gasteiger partial charge on any atom is 0.0589 e. The van der Waals surface area contributed by atoms with Crippen molar-refractivity contribution < 1.29 is 4.74 Å². The van der Waals surface area contributed by atoms with Crippen molar-refractivity contribution in [3.05, 3.63) is 35.9 Å². The highest BCUT2D eigenvalue weighted by Gasteiger charge is 2.25. The van der Waals surface area contributed by atoms with Gasteiger partial charge in [-0.05, 0) is 12.5 Å². The lowest BCUT2D eigenvalue weighted by Gasteiger charge is -2.38. The van der Waals surface area contributed by atoms with Gasteiger partial charge in [-0.3, -0.25) is 4.90 Å². The van der Waals surface area contributed by atoms with E-state index in [9.17, 15) is 0 Å². The molecule has 0 spiro atoms. The molecule has 1 saturated heterocycles. The van der Waals surface area contributed by atoms with Crippen molar-refractivity contribution in [2.24, 2.45) is 0 Å². The van der Waals surface area contributed by atoms with Crippen LogP contribution in [-0.2, 0) is 4.74 Å². The van der Waals surface area contributed by atoms with Gasteiger partial charge < -0.3 is 10.1 Å². The zero-order valence-electron chi connectivity index (χ0n) is 10.7. The minimum absolute atomic E-state index is 0.448. The Morgan fingerprint density at radius 1 is 1.35 bits per heavy atom. The average molecular weight is 234 g/mol. The van der Waals surface area contributed by atoms with Crippen molar-refractivity contribution in [1.82, 2.24) is 10.2 Å². The molecule has 2 atom stereocenters. The van der Waals surface area contributed by atoms with E-state index in [0.29, 0.717) is 12.1 Å². The van der Waals surface area contributed by atoms with Crippen molar-refractivity contribution in [3.63, 3.8) is 0 Å². The van der Waals surface area contributed by atoms with Crippen LogP contribution in [0, 0.1) is 0 Å². The fourth-order valence-electron chi connectivity index (χ4n) is 2.35. The van der Waals surface area contributed by atoms with Gasteiger partial charge in [0.1, 0.15) is 0 Å². The SMILES string of the molecule is COCCN1CC(c2ccccc2)NCC1C. The van der Waals surface area contributed by atoms with Gasteiger partial charge in [0.2, 0.25) is 0 Å². The van der Waals surface area contributed by atoms with Crippen molar-refractivity contribution in [1.29, 1.82) is 0 Å². The van der Waals surface area contributed by atoms with Gasteiger partial charge in [0, 0.05) is 38.8 Å². The van der Waals surface area contributed by atoms with Crippen LogP contribution in [0.4, 0.5) is 0 Å². The largest absolute Gasteiger partial charge is 0.383 e. The number of piperazine rings is 1. The topological polar surface area (TPSA) is 24.5 Å². The molecule has 17 heavy (non-hydrogen) atoms. The molecule has 0 bridgehead atoms. The molecular weight excluding hydrogens is 212 g/mol. The molecule has 1 aromatic carbocycles. The summed E-state index contributed by atoms with van der Waals surface area (Å²) >= 11 is 0. The second-order valence-corrected chi connectivity index (χ2v) is 4.71. The first-order valence-electron chi connectivity index (χ1n) is 6.32. The number of hydrogen-bond donors (Lipinski definition) is 1. The number of nitrogens with one attached hydrogen (secondary N) is 1. The van der Waals surface area contributed by atoms with Crippen LogP contribution in [0.5, 0.6) is 0 Å². The molecule has 0 amide bonds. The smallest absolute Gasteiger partial charge is 0.0589 e. The molecule has 1 heterocycles. The van der Waals surface area contributed by atoms with Crippen LogP contribution in [0.15, 0.2) is 30.3 Å². The van der Waals surface area contributed by atoms with Gasteiger partial charge >= 0.3 is 0 Å². The average Bonchev–Trinajstić information content (AvgIpc) is 2.39. The Hall–Kier alpha value is -0.900. The van der Waals surface area contributed by atoms with Crippen LogP contribution in [0.3, 0.4) is 0 Å². The van der Waals surface area contributed by atoms with Crippen LogP contribution in [0.2, 0.25) is 0 Å². The van der Waals surface area contributed by atoms with E-state index in [-0.39, 0.29) is 0 Å². The lowest BCUT2D eigenvalue weighted by atomic mass is 10.0. The Morgan fingerprint density at radius 3 is 2.82 bits per heavy atom. The molecule has 3 nitrogen and oxygen atoms in total. The van der Waals surface area contributed by atoms with E-state index in [1.807, 2.05) is 0 Å². The first kappa shape index (κ1) is 12.6. The van der Waals surface area contributed by atoms with E-state index in [1.165, 1.54) is 5.56 Å². The Bertz CT molecular complexity index is 328. The van der Waals surface area contributed by atoms with E-state index in [2.05, 4.69) is 47.5 Å². The number of benzene rings is 1. The van der Waals surface area contributed by atoms with Crippen LogP contribution >= 0.6 is 0 Å². The van der Waals surface area contributed by atoms with Crippen LogP contribution in [-0.4, -0.2) is 44.3 Å². The third kappa shape index (κ3) is 3.28. The molecule has 1 fully saturated rings. The van der Waals surface area contributed by atoms with Gasteiger partial charge in [-0.1, -0.05) is 30.3 Å². The molecule has 0 aromatic heterocycles. The molecule has 0 radical (unpaired) electrons. The predicted octanol–water partition coefficient (Wildman–Crippen LogP) is 1.67. The highest BCUT2D eigenvalue weighted by atomic mass is 16.5. The van der Waals surface area contributed by atoms with Crippen molar-refractivity contribution in [2.75, 3.05) is 33.4 Å². The molecule has 2 rings (SSSR count). The van der Waals surface area contributed by atoms with E-state index >= 15 is 0 Å². The summed E-state index contributed by atoms with van der Waals surface area (Å²) in [6.45, 7) is 6.20. The molecule has 0 saturated carbocycles. The number of methoxy groups -OCH3 is 1. The summed E-state index contributed by atoms with van der Waals surface area (Å²) in [5.41, 5.74) is 1.38. The van der Waals surface area contributed by atoms with Crippen molar-refractivity contribution in [3.8, 4) is 0 Å². The van der Waals surface area contributed by atoms with Crippen LogP contribution in [0.1, 0.15) is 18.5 Å². The van der Waals surface area contributed by atoms with Gasteiger partial charge in [-0.2, -0.15) is 0 Å². The second-order valence-electron chi connectivity index (χ2n) is 4.71. The number of rotatable bonds is 4. The predicted molar refractivity (Wildman–Crippen MR) is 70.1 cm³/mol. The molecule has 94 valence electrons. The lowest BCUT2D eigenvalue weighted by molar-refractivity contribution is 0.0934. The van der Waals surface area contributed by atoms with Crippen LogP contribution < -0.4 is 5.32 Å². The maximum absolute atomic E-state index is 5.17. The highest BCUT2D eigenvalue weighted by molar-refractivity contribution is 5.20. The molecule has 1 N–H and O–H groups in total. The first-order valence-corrected chi connectivity index (χ1v) is 6.32. The Morgan fingerprint density at radius 2 is 2.12 bits per heavy atom. The van der Waals surface area contributed by atoms with Gasteiger partial charge in [-0.15, -0.1) is 0 Å². The third-order valence-corrected chi connectivity index (χ3v) is 3.48. The zero-order valence-corrected chi connectivity index (χ0v) is 10.7. The van der Waals surface area contributed by atoms with E-state index in [4.69, 9.17) is 4.74 Å². The summed E-state index contributed by atoms with van der Waals surface area (Å²) in [7, 11) is 1.77. The van der Waals surface area contributed by atoms with Gasteiger partial charge in [0.25, 0.3) is 0 Å². The number of nitrogens with zero attached hydrogens (tertiary/aromatic N) is 1. The normalized spacial score (nSPS) is 26.0. The van der Waals surface area contributed by atoms with Crippen LogP contribution in [0.25, 0.3) is 0 Å². The van der Waals surface area contributed by atoms with Crippen molar-refractivity contribution >= 4 is 0 Å². The minimum Gasteiger partial charge on any atom is -0.383 e. The summed E-state index contributed by atoms with van der Waals surface area (Å²) in [6.07, 6.45) is 0. The molecule has 3 heteroatoms. The number of hydrogen-bond acceptors (Lipinski definition) is 3. The summed E-state index contributed by atoms with van der Waals surface area (Å²) in [5, 5.41) is 3.61. The Balaban J connectivity index is 1.97. The fraction of sp³-hybridized carbons (Fsp3) is 0.571. The summed E-state index contributed by atoms with van der Waals surface area (Å²) in [6, 6.07) is 11.7. The Kier molecular flexibility index (Phi) is 4.54. The second kappa shape index (κ2) is 6.15. The Labute approximate surface area is 104 Å². The first-order chi connectivity index (χ1) is 8.31. The number of ether oxygens (including phenoxy) is 1. The molecule has 1 aliphatic heterocycles. The monoisotopic (exact) mass is 234 g/mol. The van der Waals surface area contributed by atoms with Gasteiger partial charge in [-0.25, -0.2) is 0 Å². The molecule has 1 aliphatic rings. The summed E-state index contributed by atoms with van der Waals surface area (Å²) in [4.78, 5) is 2.50. The van der Waals surface area contributed by atoms with Gasteiger partial charge in [0.05, 0.1) is 6.61 Å². The minimum atomic E-state index is 0.448. The molecule has 1 aromatic rings. The summed E-state index contributed by atoms with van der Waals surface area (Å²) < 4.78 is 5.17. The van der Waals surface area contributed by atoms with E-state index in [0.717, 1.165) is 26.2 Å². The van der Waals surface area contributed by atoms with E-state index in [1.54, 1.807) is 7.11 Å². The molecule has 0 aliphatic carbocycles. The quantitative estimate of drug-likeness (QED) is 0.857. The lowest BCUT2D eigenvalue weighted by Crippen LogP contribution is -2.52. The van der Waals surface area contributed by atoms with Crippen molar-refractivity contribution in [2.45, 2.75) is 19.0 Å². The molecule has 2 unspecified atom stereocenters. The zero-order chi connectivity index (χ0) is 12.1. The van der Waals surface area contributed by atoms with E-state index < -0.39 is 0 Å². The fourth-order valence-corrected chi connectivity index (χ4v) is 2.35. The molecular formula is C14H22N2O. The highest BCUT2D eigenvalue weighted by Crippen LogP contribution is 2.19.